The fraction of sp³-hybridized carbons (Fsp3) is 0.429. The van der Waals surface area contributed by atoms with Crippen molar-refractivity contribution >= 4 is 28.4 Å². The summed E-state index contributed by atoms with van der Waals surface area (Å²) in [4.78, 5) is 48.1. The molecule has 0 spiro atoms. The van der Waals surface area contributed by atoms with Gasteiger partial charge in [0.15, 0.2) is 11.5 Å². The van der Waals surface area contributed by atoms with Crippen LogP contribution in [0, 0.1) is 0 Å². The number of aromatic nitrogens is 4. The Kier molecular flexibility index (Phi) is 7.06. The number of nitrogen functional groups attached to an aromatic ring is 1. The van der Waals surface area contributed by atoms with Crippen LogP contribution in [-0.2, 0) is 6.54 Å². The lowest BCUT2D eigenvalue weighted by atomic mass is 10.1. The zero-order valence-corrected chi connectivity index (χ0v) is 18.0. The minimum atomic E-state index is -2.77. The monoisotopic (exact) mass is 448 g/mol. The number of nitrogens with zero attached hydrogens (tertiary/aromatic N) is 3. The minimum absolute atomic E-state index is 0.0840. The van der Waals surface area contributed by atoms with Gasteiger partial charge >= 0.3 is 5.69 Å². The summed E-state index contributed by atoms with van der Waals surface area (Å²) in [6.07, 6.45) is 0.0325. The Labute approximate surface area is 182 Å². The van der Waals surface area contributed by atoms with Crippen LogP contribution in [0.2, 0.25) is 0 Å². The average molecular weight is 448 g/mol. The van der Waals surface area contributed by atoms with Gasteiger partial charge < -0.3 is 15.6 Å². The number of hydrogen-bond donors (Lipinski definition) is 3. The van der Waals surface area contributed by atoms with Gasteiger partial charge in [0.2, 0.25) is 0 Å². The van der Waals surface area contributed by atoms with E-state index in [-0.39, 0.29) is 29.1 Å². The maximum atomic E-state index is 13.4. The van der Waals surface area contributed by atoms with Gasteiger partial charge in [-0.3, -0.25) is 19.1 Å². The van der Waals surface area contributed by atoms with Crippen LogP contribution in [0.15, 0.2) is 27.8 Å². The van der Waals surface area contributed by atoms with Crippen molar-refractivity contribution < 1.29 is 13.6 Å². The fourth-order valence-electron chi connectivity index (χ4n) is 3.43. The van der Waals surface area contributed by atoms with Crippen LogP contribution in [0.4, 0.5) is 20.3 Å². The summed E-state index contributed by atoms with van der Waals surface area (Å²) in [7, 11) is 0. The molecule has 9 nitrogen and oxygen atoms in total. The number of halogens is 2. The van der Waals surface area contributed by atoms with Crippen LogP contribution in [0.1, 0.15) is 62.1 Å². The molecule has 0 unspecified atom stereocenters. The van der Waals surface area contributed by atoms with E-state index in [0.29, 0.717) is 24.9 Å². The van der Waals surface area contributed by atoms with Gasteiger partial charge in [0, 0.05) is 18.7 Å². The molecule has 3 aromatic rings. The van der Waals surface area contributed by atoms with Gasteiger partial charge in [0.05, 0.1) is 11.0 Å². The average Bonchev–Trinajstić information content (AvgIpc) is 3.19. The third-order valence-electron chi connectivity index (χ3n) is 5.15. The number of unbranched alkanes of at least 4 members (excludes halogenated alkanes) is 2. The zero-order valence-electron chi connectivity index (χ0n) is 18.0. The second-order valence-corrected chi connectivity index (χ2v) is 7.46. The van der Waals surface area contributed by atoms with Crippen molar-refractivity contribution in [1.82, 2.24) is 19.5 Å². The minimum Gasteiger partial charge on any atom is -0.383 e. The number of nitrogens with two attached hydrogens (primary N) is 1. The lowest BCUT2D eigenvalue weighted by Crippen LogP contribution is -2.41. The summed E-state index contributed by atoms with van der Waals surface area (Å²) in [6, 6.07) is 4.32. The molecule has 0 atom stereocenters. The molecule has 0 saturated heterocycles. The molecule has 1 aromatic carbocycles. The van der Waals surface area contributed by atoms with Crippen LogP contribution in [0.5, 0.6) is 0 Å². The van der Waals surface area contributed by atoms with Crippen molar-refractivity contribution in [2.24, 2.45) is 0 Å². The quantitative estimate of drug-likeness (QED) is 0.463. The van der Waals surface area contributed by atoms with Crippen molar-refractivity contribution in [3.8, 4) is 0 Å². The number of anilines is 2. The van der Waals surface area contributed by atoms with Crippen molar-refractivity contribution in [1.29, 1.82) is 0 Å². The predicted molar refractivity (Wildman–Crippen MR) is 118 cm³/mol. The molecular formula is C21H26F2N6O3. The van der Waals surface area contributed by atoms with Gasteiger partial charge in [-0.05, 0) is 31.0 Å². The van der Waals surface area contributed by atoms with Crippen molar-refractivity contribution in [2.45, 2.75) is 52.5 Å². The van der Waals surface area contributed by atoms with E-state index in [4.69, 9.17) is 5.73 Å². The Hall–Kier alpha value is -3.50. The van der Waals surface area contributed by atoms with Crippen molar-refractivity contribution in [3.63, 3.8) is 0 Å². The number of carbonyl (C=O) groups excluding carboxylic acids is 1. The van der Waals surface area contributed by atoms with E-state index < -0.39 is 29.4 Å². The first-order chi connectivity index (χ1) is 15.3. The fourth-order valence-corrected chi connectivity index (χ4v) is 3.43. The molecule has 0 aliphatic heterocycles. The number of imidazole rings is 1. The van der Waals surface area contributed by atoms with E-state index in [0.717, 1.165) is 12.8 Å². The van der Waals surface area contributed by atoms with E-state index in [9.17, 15) is 23.2 Å². The van der Waals surface area contributed by atoms with Crippen LogP contribution in [-0.4, -0.2) is 32.0 Å². The van der Waals surface area contributed by atoms with Crippen molar-refractivity contribution in [3.05, 3.63) is 50.4 Å². The van der Waals surface area contributed by atoms with Crippen molar-refractivity contribution in [2.75, 3.05) is 17.2 Å². The molecular weight excluding hydrogens is 422 g/mol. The van der Waals surface area contributed by atoms with Crippen LogP contribution in [0.3, 0.4) is 0 Å². The number of hydrogen-bond acceptors (Lipinski definition) is 5. The first-order valence-corrected chi connectivity index (χ1v) is 10.5. The van der Waals surface area contributed by atoms with E-state index in [1.54, 1.807) is 0 Å². The second-order valence-electron chi connectivity index (χ2n) is 7.46. The number of aromatic amines is 2. The summed E-state index contributed by atoms with van der Waals surface area (Å²) in [6.45, 7) is 4.38. The lowest BCUT2D eigenvalue weighted by molar-refractivity contribution is 0.0986. The van der Waals surface area contributed by atoms with Crippen LogP contribution >= 0.6 is 0 Å². The van der Waals surface area contributed by atoms with Gasteiger partial charge in [-0.1, -0.05) is 26.7 Å². The highest BCUT2D eigenvalue weighted by molar-refractivity contribution is 6.08. The summed E-state index contributed by atoms with van der Waals surface area (Å²) >= 11 is 0. The largest absolute Gasteiger partial charge is 0.383 e. The Morgan fingerprint density at radius 1 is 1.19 bits per heavy atom. The SMILES string of the molecule is CCCCN(C(=O)c1ccc2nc(C(F)F)[nH]c2c1)c1c(N)n(CCCC)c(=O)[nH]c1=O. The number of alkyl halides is 2. The van der Waals surface area contributed by atoms with Gasteiger partial charge in [0.25, 0.3) is 17.9 Å². The van der Waals surface area contributed by atoms with E-state index in [2.05, 4.69) is 15.0 Å². The standard InChI is InChI=1S/C21H26F2N6O3/c1-3-5-9-28(15-17(24)29(10-6-4-2)21(32)27-19(15)30)20(31)12-7-8-13-14(11-12)26-18(25-13)16(22)23/h7-8,11,16H,3-6,9-10,24H2,1-2H3,(H,25,26)(H,27,30,32). The third-order valence-corrected chi connectivity index (χ3v) is 5.15. The zero-order chi connectivity index (χ0) is 23.4. The molecule has 1 amide bonds. The molecule has 2 aromatic heterocycles. The maximum Gasteiger partial charge on any atom is 0.330 e. The van der Waals surface area contributed by atoms with Gasteiger partial charge in [-0.25, -0.2) is 18.6 Å². The van der Waals surface area contributed by atoms with Crippen LogP contribution < -0.4 is 21.9 Å². The topological polar surface area (TPSA) is 130 Å². The highest BCUT2D eigenvalue weighted by Gasteiger charge is 2.25. The molecule has 2 heterocycles. The summed E-state index contributed by atoms with van der Waals surface area (Å²) in [5, 5.41) is 0. The maximum absolute atomic E-state index is 13.4. The molecule has 3 rings (SSSR count). The normalized spacial score (nSPS) is 11.4. The Morgan fingerprint density at radius 3 is 2.56 bits per heavy atom. The highest BCUT2D eigenvalue weighted by atomic mass is 19.3. The lowest BCUT2D eigenvalue weighted by Gasteiger charge is -2.24. The first kappa shape index (κ1) is 23.2. The Bertz CT molecular complexity index is 1230. The number of fused-ring (bicyclic) bond motifs is 1. The molecule has 0 aliphatic carbocycles. The smallest absolute Gasteiger partial charge is 0.330 e. The molecule has 4 N–H and O–H groups in total. The number of nitrogens with one attached hydrogen (secondary N) is 2. The number of H-pyrrole nitrogens is 2. The molecule has 11 heteroatoms. The molecule has 0 radical (unpaired) electrons. The van der Waals surface area contributed by atoms with E-state index in [1.807, 2.05) is 13.8 Å². The van der Waals surface area contributed by atoms with Gasteiger partial charge in [0.1, 0.15) is 5.82 Å². The van der Waals surface area contributed by atoms with Gasteiger partial charge in [-0.15, -0.1) is 0 Å². The molecule has 0 bridgehead atoms. The number of amides is 1. The number of rotatable bonds is 9. The van der Waals surface area contributed by atoms with Crippen LogP contribution in [0.25, 0.3) is 11.0 Å². The Balaban J connectivity index is 2.09. The first-order valence-electron chi connectivity index (χ1n) is 10.5. The highest BCUT2D eigenvalue weighted by Crippen LogP contribution is 2.24. The molecule has 32 heavy (non-hydrogen) atoms. The molecule has 172 valence electrons. The number of carbonyl (C=O) groups is 1. The Morgan fingerprint density at radius 2 is 1.91 bits per heavy atom. The number of benzene rings is 1. The predicted octanol–water partition coefficient (Wildman–Crippen LogP) is 3.18. The molecule has 0 saturated carbocycles. The second kappa shape index (κ2) is 9.75. The summed E-state index contributed by atoms with van der Waals surface area (Å²) < 4.78 is 27.2. The summed E-state index contributed by atoms with van der Waals surface area (Å²) in [5.41, 5.74) is 5.44. The van der Waals surface area contributed by atoms with Gasteiger partial charge in [-0.2, -0.15) is 0 Å². The summed E-state index contributed by atoms with van der Waals surface area (Å²) in [5.74, 6) is -1.11. The van der Waals surface area contributed by atoms with E-state index >= 15 is 0 Å². The van der Waals surface area contributed by atoms with E-state index in [1.165, 1.54) is 27.7 Å². The third kappa shape index (κ3) is 4.56. The molecule has 0 aliphatic rings. The molecule has 0 fully saturated rings.